The van der Waals surface area contributed by atoms with E-state index in [4.69, 9.17) is 45.4 Å². The van der Waals surface area contributed by atoms with Crippen LogP contribution in [0.4, 0.5) is 22.7 Å². The number of nitro groups is 2. The molecule has 0 radical (unpaired) electrons. The maximum absolute atomic E-state index is 13.1. The van der Waals surface area contributed by atoms with Crippen LogP contribution < -0.4 is 40.7 Å². The van der Waals surface area contributed by atoms with E-state index in [2.05, 4.69) is 132 Å². The second-order valence-corrected chi connectivity index (χ2v) is 66.3. The molecule has 0 atom stereocenters. The van der Waals surface area contributed by atoms with Crippen molar-refractivity contribution in [3.05, 3.63) is 162 Å². The normalized spacial score (nSPS) is 13.9. The number of carbonyl (C=O) groups is 1. The molecule has 5 heterocycles. The van der Waals surface area contributed by atoms with Crippen LogP contribution in [0, 0.1) is 41.0 Å². The predicted molar refractivity (Wildman–Crippen MR) is 454 cm³/mol. The van der Waals surface area contributed by atoms with Gasteiger partial charge < -0.3 is 80.3 Å². The van der Waals surface area contributed by atoms with Crippen LogP contribution in [0.5, 0.6) is 46.0 Å². The molecule has 4 aliphatic heterocycles. The fourth-order valence-corrected chi connectivity index (χ4v) is 11.5. The van der Waals surface area contributed by atoms with Crippen molar-refractivity contribution >= 4 is 150 Å². The number of aromatic hydroxyl groups is 3. The van der Waals surface area contributed by atoms with E-state index in [1.54, 1.807) is 73.7 Å². The van der Waals surface area contributed by atoms with Gasteiger partial charge in [-0.1, -0.05) is 23.3 Å². The zero-order chi connectivity index (χ0) is 78.1. The summed E-state index contributed by atoms with van der Waals surface area (Å²) < 4.78 is 29.2. The van der Waals surface area contributed by atoms with E-state index in [-0.39, 0.29) is 53.6 Å². The quantitative estimate of drug-likeness (QED) is 0.00531. The molecule has 26 nitrogen and oxygen atoms in total. The number of fused-ring (bicyclic) bond motifs is 1. The molecule has 6 aromatic carbocycles. The van der Waals surface area contributed by atoms with Crippen molar-refractivity contribution in [2.45, 2.75) is 97.8 Å². The number of anilines is 2. The first-order chi connectivity index (χ1) is 50.7. The number of hydrogen-bond donors (Lipinski definition) is 7. The monoisotopic (exact) mass is 2040 g/mol. The number of halogens is 6. The molecular weight excluding hydrogens is 1940 g/mol. The molecular formula is C72H98BBr3I3N10O16V. The number of ether oxygens (including phenoxy) is 5. The van der Waals surface area contributed by atoms with Crippen LogP contribution >= 0.6 is 107 Å². The number of hydrogen-bond acceptors (Lipinski definition) is 22. The summed E-state index contributed by atoms with van der Waals surface area (Å²) in [4.78, 5) is 57.8. The molecule has 1 aromatic heterocycles. The van der Waals surface area contributed by atoms with Crippen molar-refractivity contribution in [2.75, 3.05) is 131 Å². The summed E-state index contributed by atoms with van der Waals surface area (Å²) >= 11 is 16.7. The molecule has 11 rings (SSSR count). The van der Waals surface area contributed by atoms with Gasteiger partial charge in [0.25, 0.3) is 5.56 Å². The molecule has 4 fully saturated rings. The topological polar surface area (TPSA) is 351 Å². The SMILES string of the molecule is BrB(Br)Br.CO.COc1cc(OCCCN2CCCC2)ccc1[N+](=O)[O-].Cc1ccc(N)c(C(=O)O)c1.Cc1ccc2nc(C)n(-c3ccc(OCCCN4CCCC4)cc3O)c(=O)c2c1.Nc1ccc(OCCCN2CCCC2)cc1O.O=[N+]([O-])c1ccc(OCCCN2CCCC2)cc1O.[I][V]([I])[I]. The average molecular weight is 2040 g/mol. The Hall–Kier alpha value is -5.19. The first kappa shape index (κ1) is 93.2. The Bertz CT molecular complexity index is 3850. The second-order valence-electron chi connectivity index (χ2n) is 24.5. The summed E-state index contributed by atoms with van der Waals surface area (Å²) in [6.45, 7) is 21.7. The number of likely N-dealkylation sites (tertiary alicyclic amines) is 4. The zero-order valence-electron chi connectivity index (χ0n) is 60.4. The van der Waals surface area contributed by atoms with Gasteiger partial charge in [-0.15, -0.1) is 47.3 Å². The Kier molecular flexibility index (Phi) is 45.8. The van der Waals surface area contributed by atoms with Crippen molar-refractivity contribution in [2.24, 2.45) is 0 Å². The van der Waals surface area contributed by atoms with E-state index in [0.29, 0.717) is 83.2 Å². The first-order valence-corrected chi connectivity index (χ1v) is 50.9. The maximum atomic E-state index is 13.1. The molecule has 0 bridgehead atoms. The minimum absolute atomic E-state index is 0.000968. The summed E-state index contributed by atoms with van der Waals surface area (Å²) in [6.07, 6.45) is 14.2. The summed E-state index contributed by atoms with van der Waals surface area (Å²) in [6, 6.07) is 29.2. The van der Waals surface area contributed by atoms with E-state index in [1.807, 2.05) is 32.0 Å². The summed E-state index contributed by atoms with van der Waals surface area (Å²) in [7, 11) is 2.42. The zero-order valence-corrected chi connectivity index (χ0v) is 73.1. The number of nitro benzene ring substituents is 2. The van der Waals surface area contributed by atoms with Gasteiger partial charge in [-0.05, 0) is 211 Å². The third kappa shape index (κ3) is 35.7. The fraction of sp³-hybridized carbons (Fsp3) is 0.458. The number of methoxy groups -OCH3 is 1. The molecule has 34 heteroatoms. The van der Waals surface area contributed by atoms with Crippen molar-refractivity contribution in [1.29, 1.82) is 0 Å². The molecule has 4 saturated heterocycles. The number of rotatable bonds is 25. The van der Waals surface area contributed by atoms with E-state index < -0.39 is 15.8 Å². The summed E-state index contributed by atoms with van der Waals surface area (Å²) in [5, 5.41) is 66.9. The molecule has 0 spiro atoms. The number of carboxylic acid groups (broad SMARTS) is 1. The van der Waals surface area contributed by atoms with Gasteiger partial charge in [0.1, 0.15) is 40.3 Å². The van der Waals surface area contributed by atoms with Crippen LogP contribution in [-0.2, 0) is 4.92 Å². The van der Waals surface area contributed by atoms with Crippen molar-refractivity contribution in [1.82, 2.24) is 29.2 Å². The molecule has 0 saturated carbocycles. The number of aliphatic hydroxyl groups excluding tert-OH is 1. The third-order valence-corrected chi connectivity index (χ3v) is 16.7. The first-order valence-electron chi connectivity index (χ1n) is 34.6. The van der Waals surface area contributed by atoms with Crippen LogP contribution in [0.1, 0.15) is 104 Å². The van der Waals surface area contributed by atoms with Crippen LogP contribution in [0.15, 0.2) is 114 Å². The van der Waals surface area contributed by atoms with Crippen LogP contribution in [0.3, 0.4) is 0 Å². The Morgan fingerprint density at radius 1 is 0.547 bits per heavy atom. The van der Waals surface area contributed by atoms with Gasteiger partial charge in [-0.25, -0.2) is 9.78 Å². The van der Waals surface area contributed by atoms with E-state index in [1.165, 1.54) is 127 Å². The van der Waals surface area contributed by atoms with E-state index in [0.717, 1.165) is 83.2 Å². The van der Waals surface area contributed by atoms with Gasteiger partial charge in [0.15, 0.2) is 5.75 Å². The Labute approximate surface area is 683 Å². The number of aromatic nitrogens is 2. The van der Waals surface area contributed by atoms with Gasteiger partial charge in [0, 0.05) is 75.4 Å². The van der Waals surface area contributed by atoms with E-state index in [9.17, 15) is 45.1 Å². The number of nitrogens with zero attached hydrogens (tertiary/aromatic N) is 8. The van der Waals surface area contributed by atoms with Crippen LogP contribution in [-0.4, -0.2) is 193 Å². The molecule has 7 aromatic rings. The van der Waals surface area contributed by atoms with Crippen molar-refractivity contribution in [3.63, 3.8) is 0 Å². The van der Waals surface area contributed by atoms with Gasteiger partial charge in [-0.2, -0.15) is 0 Å². The number of carboxylic acids is 1. The molecule has 0 aliphatic carbocycles. The van der Waals surface area contributed by atoms with Gasteiger partial charge in [0.05, 0.1) is 71.2 Å². The summed E-state index contributed by atoms with van der Waals surface area (Å²) in [5.41, 5.74) is 14.2. The summed E-state index contributed by atoms with van der Waals surface area (Å²) in [5.74, 6) is 1.85. The standard InChI is InChI=1S/C23H27N3O3.C14H20N2O4.C13H18N2O4.C13H20N2O2.C8H9NO2.CH4O.BBr3.3HI.V/c1-16-6-8-20-19(14-16)23(28)26(17(2)24-20)21-9-7-18(15-22(21)27)29-13-5-12-25-10-3-4-11-25;1-19-14-11-12(5-6-13(14)16(17)18)20-10-4-9-15-7-2-3-8-15;16-13-10-11(4-5-12(13)15(17)18)19-9-3-8-14-6-1-2-7-14;14-12-5-4-11(10-13(12)16)17-9-3-8-15-6-1-2-7-15;1-5-2-3-7(9)6(4-5)8(10)11;1-2;2-1(3)4;;;;/h6-9,14-15,27H,3-5,10-13H2,1-2H3;5-6,11H,2-4,7-10H2,1H3;4-5,10,16H,1-3,6-9H2;4-5,10,16H,1-3,6-9,14H2;2-4H,9H2,1H3,(H,10,11);2H,1H3;;3*1H;/q;;;;;;;;;;+3/p-3. The number of phenols is 3. The number of benzene rings is 6. The van der Waals surface area contributed by atoms with Gasteiger partial charge in [0.2, 0.25) is 5.75 Å². The third-order valence-electron chi connectivity index (χ3n) is 16.7. The Balaban J connectivity index is 0.000000278. The molecule has 106 heavy (non-hydrogen) atoms. The van der Waals surface area contributed by atoms with Crippen molar-refractivity contribution in [3.8, 4) is 51.7 Å². The molecule has 0 unspecified atom stereocenters. The van der Waals surface area contributed by atoms with Gasteiger partial charge in [-0.3, -0.25) is 29.6 Å². The van der Waals surface area contributed by atoms with Crippen LogP contribution in [0.2, 0.25) is 0 Å². The van der Waals surface area contributed by atoms with Gasteiger partial charge >= 0.3 is 85.4 Å². The minimum atomic E-state index is -0.980. The average Bonchev–Trinajstić information content (AvgIpc) is 1.04. The fourth-order valence-electron chi connectivity index (χ4n) is 11.5. The Morgan fingerprint density at radius 2 is 0.906 bits per heavy atom. The van der Waals surface area contributed by atoms with Crippen molar-refractivity contribution < 1.29 is 68.8 Å². The number of phenolic OH excluding ortho intramolecular Hbond substituents is 3. The number of aromatic carboxylic acids is 1. The van der Waals surface area contributed by atoms with E-state index >= 15 is 0 Å². The molecule has 0 amide bonds. The van der Waals surface area contributed by atoms with Crippen LogP contribution in [0.25, 0.3) is 16.6 Å². The Morgan fingerprint density at radius 3 is 1.28 bits per heavy atom. The second kappa shape index (κ2) is 52.1. The molecule has 4 aliphatic rings. The molecule has 9 N–H and O–H groups in total. The number of nitrogens with two attached hydrogens (primary N) is 2. The predicted octanol–water partition coefficient (Wildman–Crippen LogP) is 15.7. The number of aryl methyl sites for hydroxylation is 3. The number of nitrogen functional groups attached to an aromatic ring is 2. The molecule has 582 valence electrons. The number of aliphatic hydroxyl groups is 1.